The lowest BCUT2D eigenvalue weighted by atomic mass is 9.96. The highest BCUT2D eigenvalue weighted by Crippen LogP contribution is 2.24. The Morgan fingerprint density at radius 1 is 1.10 bits per heavy atom. The average molecular weight is 302 g/mol. The summed E-state index contributed by atoms with van der Waals surface area (Å²) in [6.45, 7) is 4.65. The van der Waals surface area contributed by atoms with Crippen LogP contribution in [0.2, 0.25) is 0 Å². The molecule has 2 fully saturated rings. The number of sulfonamides is 1. The molecule has 4 nitrogen and oxygen atoms in total. The maximum atomic E-state index is 12.6. The summed E-state index contributed by atoms with van der Waals surface area (Å²) in [6, 6.07) is 0.170. The van der Waals surface area contributed by atoms with Gasteiger partial charge < -0.3 is 5.32 Å². The van der Waals surface area contributed by atoms with Gasteiger partial charge in [0, 0.05) is 19.1 Å². The van der Waals surface area contributed by atoms with Gasteiger partial charge in [-0.3, -0.25) is 0 Å². The van der Waals surface area contributed by atoms with Gasteiger partial charge in [-0.25, -0.2) is 12.7 Å². The lowest BCUT2D eigenvalue weighted by molar-refractivity contribution is 0.385. The number of piperidine rings is 1. The molecular weight excluding hydrogens is 272 g/mol. The van der Waals surface area contributed by atoms with Gasteiger partial charge in [-0.15, -0.1) is 0 Å². The van der Waals surface area contributed by atoms with Crippen LogP contribution in [0.3, 0.4) is 0 Å². The highest BCUT2D eigenvalue weighted by Gasteiger charge is 2.28. The van der Waals surface area contributed by atoms with Gasteiger partial charge in [0.1, 0.15) is 0 Å². The van der Waals surface area contributed by atoms with Crippen molar-refractivity contribution in [2.24, 2.45) is 5.92 Å². The number of hydrogen-bond acceptors (Lipinski definition) is 3. The average Bonchev–Trinajstić information content (AvgIpc) is 2.66. The van der Waals surface area contributed by atoms with Crippen LogP contribution in [0.1, 0.15) is 58.3 Å². The third-order valence-corrected chi connectivity index (χ3v) is 6.70. The molecule has 118 valence electrons. The fourth-order valence-electron chi connectivity index (χ4n) is 3.54. The van der Waals surface area contributed by atoms with Crippen LogP contribution in [-0.2, 0) is 10.0 Å². The van der Waals surface area contributed by atoms with Crippen LogP contribution in [-0.4, -0.2) is 44.2 Å². The SMILES string of the molecule is CCCC1CCCN(S(=O)(=O)CC2CCCCN2)CC1. The molecule has 2 unspecified atom stereocenters. The molecule has 0 bridgehead atoms. The van der Waals surface area contributed by atoms with E-state index in [9.17, 15) is 8.42 Å². The van der Waals surface area contributed by atoms with Crippen LogP contribution in [0.15, 0.2) is 0 Å². The van der Waals surface area contributed by atoms with Crippen molar-refractivity contribution < 1.29 is 8.42 Å². The minimum atomic E-state index is -3.07. The van der Waals surface area contributed by atoms with Crippen LogP contribution in [0.25, 0.3) is 0 Å². The molecule has 0 aromatic heterocycles. The Kier molecular flexibility index (Phi) is 6.30. The molecule has 0 spiro atoms. The maximum absolute atomic E-state index is 12.6. The minimum absolute atomic E-state index is 0.170. The summed E-state index contributed by atoms with van der Waals surface area (Å²) in [7, 11) is -3.07. The first-order valence-corrected chi connectivity index (χ1v) is 9.94. The first-order chi connectivity index (χ1) is 9.62. The molecular formula is C15H30N2O2S. The fourth-order valence-corrected chi connectivity index (χ4v) is 5.33. The van der Waals surface area contributed by atoms with Crippen LogP contribution in [0, 0.1) is 5.92 Å². The zero-order chi connectivity index (χ0) is 14.4. The van der Waals surface area contributed by atoms with E-state index in [2.05, 4.69) is 12.2 Å². The van der Waals surface area contributed by atoms with Gasteiger partial charge in [0.05, 0.1) is 5.75 Å². The molecule has 0 aromatic carbocycles. The van der Waals surface area contributed by atoms with Gasteiger partial charge in [-0.1, -0.05) is 26.2 Å². The Morgan fingerprint density at radius 3 is 2.65 bits per heavy atom. The van der Waals surface area contributed by atoms with Gasteiger partial charge in [-0.2, -0.15) is 0 Å². The van der Waals surface area contributed by atoms with Crippen molar-refractivity contribution in [1.29, 1.82) is 0 Å². The van der Waals surface area contributed by atoms with Gasteiger partial charge >= 0.3 is 0 Å². The van der Waals surface area contributed by atoms with E-state index in [-0.39, 0.29) is 6.04 Å². The minimum Gasteiger partial charge on any atom is -0.313 e. The van der Waals surface area contributed by atoms with Crippen LogP contribution in [0.5, 0.6) is 0 Å². The molecule has 1 N–H and O–H groups in total. The number of nitrogens with zero attached hydrogens (tertiary/aromatic N) is 1. The number of nitrogens with one attached hydrogen (secondary N) is 1. The van der Waals surface area contributed by atoms with Crippen molar-refractivity contribution in [3.8, 4) is 0 Å². The van der Waals surface area contributed by atoms with Gasteiger partial charge in [0.25, 0.3) is 0 Å². The third-order valence-electron chi connectivity index (χ3n) is 4.72. The molecule has 2 rings (SSSR count). The number of hydrogen-bond donors (Lipinski definition) is 1. The van der Waals surface area contributed by atoms with Crippen molar-refractivity contribution in [2.45, 2.75) is 64.3 Å². The summed E-state index contributed by atoms with van der Waals surface area (Å²) in [4.78, 5) is 0. The zero-order valence-electron chi connectivity index (χ0n) is 12.8. The molecule has 2 heterocycles. The summed E-state index contributed by atoms with van der Waals surface area (Å²) in [5, 5.41) is 3.35. The van der Waals surface area contributed by atoms with E-state index in [1.165, 1.54) is 25.7 Å². The van der Waals surface area contributed by atoms with E-state index in [4.69, 9.17) is 0 Å². The standard InChI is InChI=1S/C15H30N2O2S/c1-2-6-14-7-5-11-17(12-9-14)20(18,19)13-15-8-3-4-10-16-15/h14-16H,2-13H2,1H3. The van der Waals surface area contributed by atoms with Gasteiger partial charge in [-0.05, 0) is 44.6 Å². The highest BCUT2D eigenvalue weighted by molar-refractivity contribution is 7.89. The predicted molar refractivity (Wildman–Crippen MR) is 83.3 cm³/mol. The van der Waals surface area contributed by atoms with E-state index >= 15 is 0 Å². The van der Waals surface area contributed by atoms with Crippen molar-refractivity contribution in [3.63, 3.8) is 0 Å². The van der Waals surface area contributed by atoms with Crippen molar-refractivity contribution in [3.05, 3.63) is 0 Å². The van der Waals surface area contributed by atoms with E-state index in [0.29, 0.717) is 5.75 Å². The third kappa shape index (κ3) is 4.71. The molecule has 2 atom stereocenters. The molecule has 20 heavy (non-hydrogen) atoms. The first kappa shape index (κ1) is 16.2. The molecule has 5 heteroatoms. The lowest BCUT2D eigenvalue weighted by Crippen LogP contribution is -2.44. The summed E-state index contributed by atoms with van der Waals surface area (Å²) < 4.78 is 26.9. The van der Waals surface area contributed by atoms with Gasteiger partial charge in [0.2, 0.25) is 10.0 Å². The second-order valence-electron chi connectivity index (χ2n) is 6.41. The van der Waals surface area contributed by atoms with E-state index in [1.54, 1.807) is 4.31 Å². The maximum Gasteiger partial charge on any atom is 0.215 e. The lowest BCUT2D eigenvalue weighted by Gasteiger charge is -2.27. The Balaban J connectivity index is 1.88. The summed E-state index contributed by atoms with van der Waals surface area (Å²) in [5.41, 5.74) is 0. The smallest absolute Gasteiger partial charge is 0.215 e. The molecule has 2 aliphatic heterocycles. The first-order valence-electron chi connectivity index (χ1n) is 8.33. The summed E-state index contributed by atoms with van der Waals surface area (Å²) in [6.07, 6.45) is 9.08. The molecule has 0 saturated carbocycles. The number of rotatable bonds is 5. The van der Waals surface area contributed by atoms with Gasteiger partial charge in [0.15, 0.2) is 0 Å². The molecule has 0 aliphatic carbocycles. The quantitative estimate of drug-likeness (QED) is 0.848. The topological polar surface area (TPSA) is 49.4 Å². The highest BCUT2D eigenvalue weighted by atomic mass is 32.2. The summed E-state index contributed by atoms with van der Waals surface area (Å²) >= 11 is 0. The van der Waals surface area contributed by atoms with Crippen molar-refractivity contribution >= 4 is 10.0 Å². The Morgan fingerprint density at radius 2 is 1.95 bits per heavy atom. The normalized spacial score (nSPS) is 30.1. The molecule has 2 saturated heterocycles. The predicted octanol–water partition coefficient (Wildman–Crippen LogP) is 2.36. The van der Waals surface area contributed by atoms with Crippen molar-refractivity contribution in [1.82, 2.24) is 9.62 Å². The summed E-state index contributed by atoms with van der Waals surface area (Å²) in [5.74, 6) is 1.03. The zero-order valence-corrected chi connectivity index (χ0v) is 13.6. The molecule has 0 aromatic rings. The Labute approximate surface area is 124 Å². The van der Waals surface area contributed by atoms with E-state index in [1.807, 2.05) is 0 Å². The molecule has 0 amide bonds. The van der Waals surface area contributed by atoms with Crippen LogP contribution >= 0.6 is 0 Å². The molecule has 2 aliphatic rings. The van der Waals surface area contributed by atoms with E-state index in [0.717, 1.165) is 51.2 Å². The largest absolute Gasteiger partial charge is 0.313 e. The monoisotopic (exact) mass is 302 g/mol. The second kappa shape index (κ2) is 7.76. The Hall–Kier alpha value is -0.130. The van der Waals surface area contributed by atoms with Crippen molar-refractivity contribution in [2.75, 3.05) is 25.4 Å². The van der Waals surface area contributed by atoms with E-state index < -0.39 is 10.0 Å². The van der Waals surface area contributed by atoms with Crippen LogP contribution in [0.4, 0.5) is 0 Å². The molecule has 0 radical (unpaired) electrons. The van der Waals surface area contributed by atoms with Crippen LogP contribution < -0.4 is 5.32 Å². The Bertz CT molecular complexity index is 377. The fraction of sp³-hybridized carbons (Fsp3) is 1.00. The second-order valence-corrected chi connectivity index (χ2v) is 8.42.